The van der Waals surface area contributed by atoms with Crippen LogP contribution in [0.5, 0.6) is 0 Å². The Labute approximate surface area is 106 Å². The van der Waals surface area contributed by atoms with Crippen molar-refractivity contribution in [3.05, 3.63) is 59.0 Å². The zero-order valence-corrected chi connectivity index (χ0v) is 10.2. The second kappa shape index (κ2) is 5.87. The number of hydrogen-bond acceptors (Lipinski definition) is 3. The SMILES string of the molecule is NNC(Cc1ccc(Cl)cc1)Cc1ccco1. The Morgan fingerprint density at radius 1 is 1.18 bits per heavy atom. The molecule has 1 atom stereocenters. The van der Waals surface area contributed by atoms with Crippen LogP contribution in [0.15, 0.2) is 47.1 Å². The highest BCUT2D eigenvalue weighted by atomic mass is 35.5. The van der Waals surface area contributed by atoms with Crippen LogP contribution >= 0.6 is 11.6 Å². The third-order valence-electron chi connectivity index (χ3n) is 2.66. The molecular weight excluding hydrogens is 236 g/mol. The molecule has 0 aliphatic heterocycles. The van der Waals surface area contributed by atoms with Crippen molar-refractivity contribution in [2.24, 2.45) is 5.84 Å². The van der Waals surface area contributed by atoms with Crippen LogP contribution in [0.3, 0.4) is 0 Å². The first-order chi connectivity index (χ1) is 8.28. The van der Waals surface area contributed by atoms with Crippen molar-refractivity contribution in [3.8, 4) is 0 Å². The maximum absolute atomic E-state index is 5.84. The van der Waals surface area contributed by atoms with Gasteiger partial charge in [-0.25, -0.2) is 0 Å². The number of hydrogen-bond donors (Lipinski definition) is 2. The van der Waals surface area contributed by atoms with Crippen LogP contribution in [0, 0.1) is 0 Å². The van der Waals surface area contributed by atoms with Crippen molar-refractivity contribution in [3.63, 3.8) is 0 Å². The largest absolute Gasteiger partial charge is 0.469 e. The topological polar surface area (TPSA) is 51.2 Å². The highest BCUT2D eigenvalue weighted by molar-refractivity contribution is 6.30. The highest BCUT2D eigenvalue weighted by Crippen LogP contribution is 2.13. The molecule has 2 rings (SSSR count). The smallest absolute Gasteiger partial charge is 0.105 e. The van der Waals surface area contributed by atoms with Crippen molar-refractivity contribution in [1.29, 1.82) is 0 Å². The molecule has 3 N–H and O–H groups in total. The summed E-state index contributed by atoms with van der Waals surface area (Å²) in [6.45, 7) is 0. The Bertz CT molecular complexity index is 439. The average molecular weight is 251 g/mol. The summed E-state index contributed by atoms with van der Waals surface area (Å²) in [6.07, 6.45) is 3.28. The summed E-state index contributed by atoms with van der Waals surface area (Å²) in [5, 5.41) is 0.747. The van der Waals surface area contributed by atoms with E-state index < -0.39 is 0 Å². The number of nitrogens with two attached hydrogens (primary N) is 1. The lowest BCUT2D eigenvalue weighted by molar-refractivity contribution is 0.444. The third-order valence-corrected chi connectivity index (χ3v) is 2.91. The Kier molecular flexibility index (Phi) is 4.20. The van der Waals surface area contributed by atoms with Crippen LogP contribution in [-0.2, 0) is 12.8 Å². The lowest BCUT2D eigenvalue weighted by Crippen LogP contribution is -2.38. The molecule has 0 saturated heterocycles. The molecule has 0 radical (unpaired) electrons. The summed E-state index contributed by atoms with van der Waals surface area (Å²) in [7, 11) is 0. The minimum Gasteiger partial charge on any atom is -0.469 e. The molecule has 1 aromatic carbocycles. The van der Waals surface area contributed by atoms with Gasteiger partial charge in [-0.2, -0.15) is 0 Å². The third kappa shape index (κ3) is 3.60. The summed E-state index contributed by atoms with van der Waals surface area (Å²) in [4.78, 5) is 0. The molecule has 0 fully saturated rings. The van der Waals surface area contributed by atoms with Crippen LogP contribution in [0.25, 0.3) is 0 Å². The van der Waals surface area contributed by atoms with Gasteiger partial charge in [-0.15, -0.1) is 0 Å². The zero-order chi connectivity index (χ0) is 12.1. The molecule has 0 aliphatic carbocycles. The summed E-state index contributed by atoms with van der Waals surface area (Å²) < 4.78 is 5.31. The van der Waals surface area contributed by atoms with E-state index in [1.165, 1.54) is 5.56 Å². The maximum atomic E-state index is 5.84. The van der Waals surface area contributed by atoms with E-state index >= 15 is 0 Å². The highest BCUT2D eigenvalue weighted by Gasteiger charge is 2.10. The van der Waals surface area contributed by atoms with Gasteiger partial charge in [-0.05, 0) is 36.2 Å². The Morgan fingerprint density at radius 2 is 1.94 bits per heavy atom. The molecule has 1 heterocycles. The number of benzene rings is 1. The number of furan rings is 1. The van der Waals surface area contributed by atoms with Gasteiger partial charge in [0.15, 0.2) is 0 Å². The standard InChI is InChI=1S/C13H15ClN2O/c14-11-5-3-10(4-6-11)8-12(16-15)9-13-2-1-7-17-13/h1-7,12,16H,8-9,15H2. The minimum atomic E-state index is 0.155. The van der Waals surface area contributed by atoms with E-state index in [-0.39, 0.29) is 6.04 Å². The molecule has 1 unspecified atom stereocenters. The van der Waals surface area contributed by atoms with E-state index in [1.807, 2.05) is 36.4 Å². The van der Waals surface area contributed by atoms with E-state index in [0.29, 0.717) is 0 Å². The molecule has 0 amide bonds. The lowest BCUT2D eigenvalue weighted by atomic mass is 10.0. The molecule has 2 aromatic rings. The number of halogens is 1. The van der Waals surface area contributed by atoms with Gasteiger partial charge in [0.25, 0.3) is 0 Å². The molecule has 17 heavy (non-hydrogen) atoms. The van der Waals surface area contributed by atoms with Gasteiger partial charge >= 0.3 is 0 Å². The fourth-order valence-electron chi connectivity index (χ4n) is 1.77. The normalized spacial score (nSPS) is 12.6. The molecular formula is C13H15ClN2O. The monoisotopic (exact) mass is 250 g/mol. The Balaban J connectivity index is 1.97. The molecule has 0 spiro atoms. The summed E-state index contributed by atoms with van der Waals surface area (Å²) in [5.41, 5.74) is 4.01. The predicted molar refractivity (Wildman–Crippen MR) is 68.7 cm³/mol. The van der Waals surface area contributed by atoms with Crippen molar-refractivity contribution in [1.82, 2.24) is 5.43 Å². The number of nitrogens with one attached hydrogen (secondary N) is 1. The minimum absolute atomic E-state index is 0.155. The molecule has 0 bridgehead atoms. The van der Waals surface area contributed by atoms with E-state index in [4.69, 9.17) is 21.9 Å². The Hall–Kier alpha value is -1.29. The van der Waals surface area contributed by atoms with Crippen LogP contribution in [-0.4, -0.2) is 6.04 Å². The Morgan fingerprint density at radius 3 is 2.53 bits per heavy atom. The quantitative estimate of drug-likeness (QED) is 0.633. The van der Waals surface area contributed by atoms with Crippen molar-refractivity contribution >= 4 is 11.6 Å². The van der Waals surface area contributed by atoms with Gasteiger partial charge in [0, 0.05) is 17.5 Å². The molecule has 4 heteroatoms. The van der Waals surface area contributed by atoms with Crippen LogP contribution in [0.4, 0.5) is 0 Å². The van der Waals surface area contributed by atoms with Crippen molar-refractivity contribution in [2.45, 2.75) is 18.9 Å². The first-order valence-corrected chi connectivity index (χ1v) is 5.88. The lowest BCUT2D eigenvalue weighted by Gasteiger charge is -2.14. The van der Waals surface area contributed by atoms with Gasteiger partial charge in [0.2, 0.25) is 0 Å². The summed E-state index contributed by atoms with van der Waals surface area (Å²) in [6, 6.07) is 11.8. The molecule has 3 nitrogen and oxygen atoms in total. The van der Waals surface area contributed by atoms with Gasteiger partial charge in [0.1, 0.15) is 5.76 Å². The first kappa shape index (κ1) is 12.2. The van der Waals surface area contributed by atoms with Crippen molar-refractivity contribution < 1.29 is 4.42 Å². The predicted octanol–water partition coefficient (Wildman–Crippen LogP) is 2.55. The second-order valence-electron chi connectivity index (χ2n) is 3.98. The van der Waals surface area contributed by atoms with Gasteiger partial charge < -0.3 is 4.42 Å². The first-order valence-electron chi connectivity index (χ1n) is 5.51. The van der Waals surface area contributed by atoms with Crippen LogP contribution < -0.4 is 11.3 Å². The van der Waals surface area contributed by atoms with Gasteiger partial charge in [-0.3, -0.25) is 11.3 Å². The number of rotatable bonds is 5. The zero-order valence-electron chi connectivity index (χ0n) is 9.40. The fourth-order valence-corrected chi connectivity index (χ4v) is 1.89. The molecule has 0 saturated carbocycles. The van der Waals surface area contributed by atoms with Crippen LogP contribution in [0.1, 0.15) is 11.3 Å². The van der Waals surface area contributed by atoms with E-state index in [9.17, 15) is 0 Å². The molecule has 1 aromatic heterocycles. The van der Waals surface area contributed by atoms with E-state index in [1.54, 1.807) is 6.26 Å². The summed E-state index contributed by atoms with van der Waals surface area (Å²) in [5.74, 6) is 6.48. The fraction of sp³-hybridized carbons (Fsp3) is 0.231. The van der Waals surface area contributed by atoms with E-state index in [2.05, 4.69) is 5.43 Å². The van der Waals surface area contributed by atoms with Gasteiger partial charge in [-0.1, -0.05) is 23.7 Å². The molecule has 90 valence electrons. The molecule has 0 aliphatic rings. The van der Waals surface area contributed by atoms with E-state index in [0.717, 1.165) is 23.6 Å². The van der Waals surface area contributed by atoms with Crippen LogP contribution in [0.2, 0.25) is 5.02 Å². The number of hydrazine groups is 1. The van der Waals surface area contributed by atoms with Crippen molar-refractivity contribution in [2.75, 3.05) is 0 Å². The van der Waals surface area contributed by atoms with Gasteiger partial charge in [0.05, 0.1) is 6.26 Å². The maximum Gasteiger partial charge on any atom is 0.105 e. The summed E-state index contributed by atoms with van der Waals surface area (Å²) >= 11 is 5.84. The second-order valence-corrected chi connectivity index (χ2v) is 4.41. The average Bonchev–Trinajstić information content (AvgIpc) is 2.84.